The van der Waals surface area contributed by atoms with Crippen molar-refractivity contribution in [2.45, 2.75) is 39.8 Å². The zero-order valence-corrected chi connectivity index (χ0v) is 12.8. The molecule has 0 saturated carbocycles. The number of hydrogen-bond acceptors (Lipinski definition) is 3. The topological polar surface area (TPSA) is 12.5 Å². The minimum absolute atomic E-state index is 0.191. The van der Waals surface area contributed by atoms with E-state index in [1.54, 1.807) is 0 Å². The average molecular weight is 306 g/mol. The number of hydrogen-bond donors (Lipinski definition) is 0. The van der Waals surface area contributed by atoms with Crippen molar-refractivity contribution in [3.8, 4) is 0 Å². The highest BCUT2D eigenvalue weighted by Gasteiger charge is 2.25. The highest BCUT2D eigenvalue weighted by atomic mass is 79.9. The fraction of sp³-hybridized carbons (Fsp3) is 1.00. The van der Waals surface area contributed by atoms with E-state index in [1.165, 1.54) is 10.4 Å². The average Bonchev–Trinajstić information content (AvgIpc) is 1.82. The predicted molar refractivity (Wildman–Crippen MR) is 69.9 cm³/mol. The molecule has 0 aromatic rings. The molecule has 13 heavy (non-hydrogen) atoms. The van der Waals surface area contributed by atoms with Gasteiger partial charge < -0.3 is 4.52 Å². The third kappa shape index (κ3) is 5.14. The molecule has 80 valence electrons. The van der Waals surface area contributed by atoms with Crippen molar-refractivity contribution in [3.05, 3.63) is 0 Å². The Hall–Kier alpha value is 1.40. The zero-order chi connectivity index (χ0) is 10.6. The van der Waals surface area contributed by atoms with Crippen LogP contribution in [0, 0.1) is 0 Å². The largest absolute Gasteiger partial charge is 0.335 e. The van der Waals surface area contributed by atoms with Crippen molar-refractivity contribution < 1.29 is 4.52 Å². The molecule has 0 aliphatic rings. The molecule has 0 amide bonds. The van der Waals surface area contributed by atoms with Crippen LogP contribution in [0.3, 0.4) is 0 Å². The van der Waals surface area contributed by atoms with E-state index in [-0.39, 0.29) is 6.10 Å². The molecule has 0 radical (unpaired) electrons. The number of nitrogens with zero attached hydrogens (tertiary/aromatic N) is 1. The van der Waals surface area contributed by atoms with Crippen LogP contribution in [0.4, 0.5) is 0 Å². The van der Waals surface area contributed by atoms with Crippen LogP contribution in [0.15, 0.2) is 0 Å². The van der Waals surface area contributed by atoms with E-state index < -0.39 is 6.42 Å². The summed E-state index contributed by atoms with van der Waals surface area (Å²) in [4.78, 5) is 0. The quantitative estimate of drug-likeness (QED) is 0.561. The maximum Gasteiger partial charge on any atom is 0.139 e. The van der Waals surface area contributed by atoms with Gasteiger partial charge in [-0.2, -0.15) is 4.08 Å². The lowest BCUT2D eigenvalue weighted by Crippen LogP contribution is -2.21. The van der Waals surface area contributed by atoms with Crippen molar-refractivity contribution >= 4 is 43.4 Å². The fourth-order valence-corrected chi connectivity index (χ4v) is 8.81. The minimum atomic E-state index is -1.83. The van der Waals surface area contributed by atoms with Gasteiger partial charge in [0.05, 0.1) is 6.10 Å². The predicted octanol–water partition coefficient (Wildman–Crippen LogP) is 4.02. The Morgan fingerprint density at radius 1 is 1.38 bits per heavy atom. The Balaban J connectivity index is 4.48. The SMILES string of the molecule is CC(C)OP(C)(=S)N(SBr)C(C)C. The normalized spacial score (nSPS) is 17.0. The van der Waals surface area contributed by atoms with Gasteiger partial charge in [-0.25, -0.2) is 0 Å². The van der Waals surface area contributed by atoms with Crippen LogP contribution < -0.4 is 0 Å². The summed E-state index contributed by atoms with van der Waals surface area (Å²) in [7, 11) is 1.49. The first kappa shape index (κ1) is 14.4. The van der Waals surface area contributed by atoms with Gasteiger partial charge in [-0.3, -0.25) is 0 Å². The van der Waals surface area contributed by atoms with Gasteiger partial charge in [0, 0.05) is 37.9 Å². The lowest BCUT2D eigenvalue weighted by molar-refractivity contribution is 0.255. The van der Waals surface area contributed by atoms with Crippen LogP contribution in [-0.2, 0) is 16.3 Å². The van der Waals surface area contributed by atoms with Gasteiger partial charge in [0.1, 0.15) is 6.42 Å². The van der Waals surface area contributed by atoms with Crippen molar-refractivity contribution in [1.29, 1.82) is 0 Å². The minimum Gasteiger partial charge on any atom is -0.335 e. The molecule has 0 aromatic heterocycles. The Bertz CT molecular complexity index is 201. The van der Waals surface area contributed by atoms with E-state index >= 15 is 0 Å². The van der Waals surface area contributed by atoms with Crippen LogP contribution in [0.2, 0.25) is 0 Å². The van der Waals surface area contributed by atoms with Crippen molar-refractivity contribution in [1.82, 2.24) is 4.08 Å². The second kappa shape index (κ2) is 6.09. The third-order valence-corrected chi connectivity index (χ3v) is 7.71. The summed E-state index contributed by atoms with van der Waals surface area (Å²) in [6.07, 6.45) is -1.64. The van der Waals surface area contributed by atoms with Crippen LogP contribution >= 0.6 is 31.6 Å². The summed E-state index contributed by atoms with van der Waals surface area (Å²) < 4.78 is 7.87. The van der Waals surface area contributed by atoms with E-state index in [1.807, 2.05) is 20.5 Å². The lowest BCUT2D eigenvalue weighted by Gasteiger charge is -2.33. The Morgan fingerprint density at radius 3 is 2.08 bits per heavy atom. The van der Waals surface area contributed by atoms with Gasteiger partial charge in [0.2, 0.25) is 0 Å². The number of rotatable bonds is 5. The van der Waals surface area contributed by atoms with Gasteiger partial charge in [-0.1, -0.05) is 0 Å². The first-order valence-corrected chi connectivity index (χ1v) is 9.89. The first-order valence-electron chi connectivity index (χ1n) is 4.15. The molecule has 0 aliphatic heterocycles. The molecule has 0 rings (SSSR count). The Morgan fingerprint density at radius 2 is 1.85 bits per heavy atom. The van der Waals surface area contributed by atoms with Gasteiger partial charge in [-0.15, -0.1) is 0 Å². The highest BCUT2D eigenvalue weighted by molar-refractivity contribution is 9.50. The van der Waals surface area contributed by atoms with E-state index in [0.717, 1.165) is 0 Å². The molecule has 1 atom stereocenters. The summed E-state index contributed by atoms with van der Waals surface area (Å²) >= 11 is 8.85. The second-order valence-corrected chi connectivity index (χ2v) is 9.37. The summed E-state index contributed by atoms with van der Waals surface area (Å²) in [5.41, 5.74) is 0. The fourth-order valence-electron chi connectivity index (χ4n) is 0.993. The molecule has 0 aromatic carbocycles. The second-order valence-electron chi connectivity index (χ2n) is 3.42. The van der Waals surface area contributed by atoms with Crippen LogP contribution in [-0.4, -0.2) is 22.9 Å². The summed E-state index contributed by atoms with van der Waals surface area (Å²) in [5, 5.41) is 0. The molecule has 0 saturated heterocycles. The van der Waals surface area contributed by atoms with Crippen molar-refractivity contribution in [2.24, 2.45) is 0 Å². The zero-order valence-electron chi connectivity index (χ0n) is 8.65. The van der Waals surface area contributed by atoms with Gasteiger partial charge in [0.25, 0.3) is 0 Å². The van der Waals surface area contributed by atoms with Gasteiger partial charge >= 0.3 is 0 Å². The summed E-state index contributed by atoms with van der Waals surface area (Å²) in [5.74, 6) is 0. The highest BCUT2D eigenvalue weighted by Crippen LogP contribution is 2.55. The first-order chi connectivity index (χ1) is 5.81. The number of halogens is 1. The molecule has 0 N–H and O–H groups in total. The Labute approximate surface area is 98.3 Å². The van der Waals surface area contributed by atoms with Crippen LogP contribution in [0.25, 0.3) is 0 Å². The maximum atomic E-state index is 5.75. The molecule has 1 unspecified atom stereocenters. The Kier molecular flexibility index (Phi) is 6.74. The van der Waals surface area contributed by atoms with Crippen LogP contribution in [0.1, 0.15) is 27.7 Å². The van der Waals surface area contributed by atoms with E-state index in [4.69, 9.17) is 16.3 Å². The molecule has 0 heterocycles. The molecular weight excluding hydrogens is 289 g/mol. The van der Waals surface area contributed by atoms with Gasteiger partial charge in [0.15, 0.2) is 0 Å². The molecule has 0 fully saturated rings. The lowest BCUT2D eigenvalue weighted by atomic mass is 10.4. The molecule has 6 heteroatoms. The monoisotopic (exact) mass is 305 g/mol. The smallest absolute Gasteiger partial charge is 0.139 e. The third-order valence-electron chi connectivity index (χ3n) is 1.28. The molecule has 0 bridgehead atoms. The summed E-state index contributed by atoms with van der Waals surface area (Å²) in [6, 6.07) is 0.388. The molecule has 2 nitrogen and oxygen atoms in total. The molecule has 0 spiro atoms. The van der Waals surface area contributed by atoms with E-state index in [2.05, 4.69) is 32.7 Å². The van der Waals surface area contributed by atoms with Crippen LogP contribution in [0.5, 0.6) is 0 Å². The standard InChI is InChI=1S/C7H17BrNOPS2/c1-6(2)9(13-8)11(5,12)10-7(3)4/h6-7H,1-5H3. The summed E-state index contributed by atoms with van der Waals surface area (Å²) in [6.45, 7) is 10.3. The van der Waals surface area contributed by atoms with Gasteiger partial charge in [-0.05, 0) is 39.5 Å². The maximum absolute atomic E-state index is 5.75. The van der Waals surface area contributed by atoms with Crippen molar-refractivity contribution in [2.75, 3.05) is 6.66 Å². The van der Waals surface area contributed by atoms with E-state index in [9.17, 15) is 0 Å². The van der Waals surface area contributed by atoms with Crippen molar-refractivity contribution in [3.63, 3.8) is 0 Å². The molecule has 0 aliphatic carbocycles. The van der Waals surface area contributed by atoms with E-state index in [0.29, 0.717) is 6.04 Å². The molecular formula is C7H17BrNOPS2.